The van der Waals surface area contributed by atoms with Crippen LogP contribution < -0.4 is 5.32 Å². The molecule has 0 unspecified atom stereocenters. The normalized spacial score (nSPS) is 20.6. The Balaban J connectivity index is 0.00000112. The molecular weight excluding hydrogens is 396 g/mol. The minimum atomic E-state index is -0.680. The number of rotatable bonds is 4. The highest BCUT2D eigenvalue weighted by molar-refractivity contribution is 5.90. The Morgan fingerprint density at radius 1 is 1.10 bits per heavy atom. The van der Waals surface area contributed by atoms with Crippen LogP contribution in [-0.4, -0.2) is 16.1 Å². The van der Waals surface area contributed by atoms with Gasteiger partial charge in [0.2, 0.25) is 5.91 Å². The van der Waals surface area contributed by atoms with E-state index in [1.165, 1.54) is 18.2 Å². The number of carbonyl (C=O) groups is 1. The minimum Gasteiger partial charge on any atom is -0.351 e. The summed E-state index contributed by atoms with van der Waals surface area (Å²) >= 11 is 0. The average molecular weight is 421 g/mol. The van der Waals surface area contributed by atoms with Crippen LogP contribution in [-0.2, 0) is 16.8 Å². The Bertz CT molecular complexity index is 1100. The van der Waals surface area contributed by atoms with E-state index >= 15 is 0 Å². The predicted octanol–water partition coefficient (Wildman–Crippen LogP) is 5.28. The van der Waals surface area contributed by atoms with Crippen molar-refractivity contribution in [2.24, 2.45) is 0 Å². The molecule has 5 rings (SSSR count). The number of aromatic nitrogens is 2. The fourth-order valence-corrected chi connectivity index (χ4v) is 4.68. The number of carbonyl (C=O) groups excluding carboxylic acids is 1. The molecule has 31 heavy (non-hydrogen) atoms. The van der Waals surface area contributed by atoms with Crippen molar-refractivity contribution in [3.63, 3.8) is 0 Å². The molecule has 1 saturated carbocycles. The first-order valence-electron chi connectivity index (χ1n) is 10.7. The van der Waals surface area contributed by atoms with E-state index in [9.17, 15) is 13.6 Å². The van der Waals surface area contributed by atoms with Gasteiger partial charge in [0.15, 0.2) is 0 Å². The molecule has 4 nitrogen and oxygen atoms in total. The monoisotopic (exact) mass is 421 g/mol. The van der Waals surface area contributed by atoms with E-state index in [1.807, 2.05) is 19.9 Å². The van der Waals surface area contributed by atoms with Crippen molar-refractivity contribution in [2.75, 3.05) is 0 Å². The molecular formula is C25H25F2N3O. The van der Waals surface area contributed by atoms with Crippen molar-refractivity contribution >= 4 is 5.91 Å². The van der Waals surface area contributed by atoms with Crippen LogP contribution in [0.1, 0.15) is 55.8 Å². The number of halogens is 2. The standard InChI is InChI=1S/C23H19F2N3O.C2H6/c24-16-7-5-14(6-8-16)13-26-22(29)23-10-9-15(12-23)18-11-20(27-28-21(18)23)17-3-1-2-4-19(17)25;1-2/h1-8,11,15H,9-10,12-13H2,(H,26,29);1-2H3/t15-,23-;/m0./s1. The second kappa shape index (κ2) is 8.53. The van der Waals surface area contributed by atoms with Gasteiger partial charge in [0, 0.05) is 12.1 Å². The molecule has 1 N–H and O–H groups in total. The molecule has 0 spiro atoms. The van der Waals surface area contributed by atoms with Gasteiger partial charge >= 0.3 is 0 Å². The largest absolute Gasteiger partial charge is 0.351 e. The molecule has 3 aromatic rings. The molecule has 2 aliphatic rings. The molecule has 2 aromatic carbocycles. The number of nitrogens with one attached hydrogen (secondary N) is 1. The van der Waals surface area contributed by atoms with E-state index in [1.54, 1.807) is 30.3 Å². The smallest absolute Gasteiger partial charge is 0.232 e. The van der Waals surface area contributed by atoms with Gasteiger partial charge in [-0.05, 0) is 66.6 Å². The Morgan fingerprint density at radius 3 is 2.58 bits per heavy atom. The Hall–Kier alpha value is -3.15. The summed E-state index contributed by atoms with van der Waals surface area (Å²) in [6.07, 6.45) is 2.33. The molecule has 0 saturated heterocycles. The van der Waals surface area contributed by atoms with Gasteiger partial charge in [0.25, 0.3) is 0 Å². The van der Waals surface area contributed by atoms with Crippen molar-refractivity contribution in [2.45, 2.75) is 51.0 Å². The number of benzene rings is 2. The SMILES string of the molecule is CC.O=C(NCc1ccc(F)cc1)[C@@]12CC[C@@H](C1)c1cc(-c3ccccc3F)nnc12. The summed E-state index contributed by atoms with van der Waals surface area (Å²) in [7, 11) is 0. The molecule has 1 heterocycles. The predicted molar refractivity (Wildman–Crippen MR) is 115 cm³/mol. The van der Waals surface area contributed by atoms with E-state index < -0.39 is 5.41 Å². The van der Waals surface area contributed by atoms with Crippen LogP contribution in [0.15, 0.2) is 54.6 Å². The number of nitrogens with zero attached hydrogens (tertiary/aromatic N) is 2. The lowest BCUT2D eigenvalue weighted by Crippen LogP contribution is -2.42. The molecule has 1 aromatic heterocycles. The molecule has 2 bridgehead atoms. The van der Waals surface area contributed by atoms with Gasteiger partial charge in [-0.15, -0.1) is 0 Å². The van der Waals surface area contributed by atoms with E-state index in [0.717, 1.165) is 24.0 Å². The molecule has 2 atom stereocenters. The molecule has 6 heteroatoms. The first-order valence-corrected chi connectivity index (χ1v) is 10.7. The van der Waals surface area contributed by atoms with E-state index in [4.69, 9.17) is 0 Å². The first kappa shape index (κ1) is 21.1. The third-order valence-electron chi connectivity index (χ3n) is 6.18. The van der Waals surface area contributed by atoms with E-state index in [-0.39, 0.29) is 23.5 Å². The third kappa shape index (κ3) is 3.71. The summed E-state index contributed by atoms with van der Waals surface area (Å²) in [6, 6.07) is 14.5. The quantitative estimate of drug-likeness (QED) is 0.623. The number of fused-ring (bicyclic) bond motifs is 5. The highest BCUT2D eigenvalue weighted by atomic mass is 19.1. The van der Waals surface area contributed by atoms with Crippen LogP contribution in [0, 0.1) is 11.6 Å². The van der Waals surface area contributed by atoms with Crippen molar-refractivity contribution in [1.29, 1.82) is 0 Å². The zero-order valence-electron chi connectivity index (χ0n) is 17.7. The number of hydrogen-bond donors (Lipinski definition) is 1. The molecule has 0 radical (unpaired) electrons. The van der Waals surface area contributed by atoms with Gasteiger partial charge in [0.05, 0.1) is 16.8 Å². The highest BCUT2D eigenvalue weighted by Crippen LogP contribution is 2.56. The molecule has 0 aliphatic heterocycles. The average Bonchev–Trinajstić information content (AvgIpc) is 3.39. The van der Waals surface area contributed by atoms with E-state index in [0.29, 0.717) is 29.9 Å². The van der Waals surface area contributed by atoms with Crippen molar-refractivity contribution < 1.29 is 13.6 Å². The van der Waals surface area contributed by atoms with Crippen LogP contribution in [0.4, 0.5) is 8.78 Å². The van der Waals surface area contributed by atoms with Crippen LogP contribution in [0.5, 0.6) is 0 Å². The topological polar surface area (TPSA) is 54.9 Å². The summed E-state index contributed by atoms with van der Waals surface area (Å²) in [6.45, 7) is 4.33. The molecule has 2 aliphatic carbocycles. The van der Waals surface area contributed by atoms with Gasteiger partial charge in [-0.1, -0.05) is 38.1 Å². The molecule has 160 valence electrons. The Labute approximate surface area is 180 Å². The molecule has 1 fully saturated rings. The Morgan fingerprint density at radius 2 is 1.84 bits per heavy atom. The van der Waals surface area contributed by atoms with Gasteiger partial charge in [0.1, 0.15) is 11.6 Å². The second-order valence-corrected chi connectivity index (χ2v) is 7.84. The minimum absolute atomic E-state index is 0.0731. The lowest BCUT2D eigenvalue weighted by atomic mass is 9.82. The fourth-order valence-electron chi connectivity index (χ4n) is 4.68. The summed E-state index contributed by atoms with van der Waals surface area (Å²) in [4.78, 5) is 13.1. The number of amides is 1. The van der Waals surface area contributed by atoms with Gasteiger partial charge in [-0.2, -0.15) is 10.2 Å². The Kier molecular flexibility index (Phi) is 5.81. The van der Waals surface area contributed by atoms with Gasteiger partial charge < -0.3 is 5.32 Å². The number of hydrogen-bond acceptors (Lipinski definition) is 3. The summed E-state index contributed by atoms with van der Waals surface area (Å²) < 4.78 is 27.2. The van der Waals surface area contributed by atoms with Crippen LogP contribution in [0.2, 0.25) is 0 Å². The maximum Gasteiger partial charge on any atom is 0.232 e. The lowest BCUT2D eigenvalue weighted by Gasteiger charge is -2.26. The molecule has 1 amide bonds. The summed E-state index contributed by atoms with van der Waals surface area (Å²) in [5.41, 5.74) is 2.79. The fraction of sp³-hybridized carbons (Fsp3) is 0.320. The van der Waals surface area contributed by atoms with Crippen molar-refractivity contribution in [3.05, 3.63) is 83.1 Å². The van der Waals surface area contributed by atoms with E-state index in [2.05, 4.69) is 15.5 Å². The summed E-state index contributed by atoms with van der Waals surface area (Å²) in [5.74, 6) is -0.474. The zero-order chi connectivity index (χ0) is 22.0. The van der Waals surface area contributed by atoms with Crippen LogP contribution in [0.25, 0.3) is 11.3 Å². The second-order valence-electron chi connectivity index (χ2n) is 7.84. The highest BCUT2D eigenvalue weighted by Gasteiger charge is 2.55. The summed E-state index contributed by atoms with van der Waals surface area (Å²) in [5, 5.41) is 11.6. The van der Waals surface area contributed by atoms with Crippen LogP contribution >= 0.6 is 0 Å². The van der Waals surface area contributed by atoms with Crippen molar-refractivity contribution in [1.82, 2.24) is 15.5 Å². The van der Waals surface area contributed by atoms with Gasteiger partial charge in [-0.3, -0.25) is 4.79 Å². The third-order valence-corrected chi connectivity index (χ3v) is 6.18. The maximum absolute atomic E-state index is 14.1. The van der Waals surface area contributed by atoms with Gasteiger partial charge in [-0.25, -0.2) is 8.78 Å². The zero-order valence-corrected chi connectivity index (χ0v) is 17.7. The lowest BCUT2D eigenvalue weighted by molar-refractivity contribution is -0.126. The maximum atomic E-state index is 14.1. The van der Waals surface area contributed by atoms with Crippen LogP contribution in [0.3, 0.4) is 0 Å². The first-order chi connectivity index (χ1) is 15.1. The van der Waals surface area contributed by atoms with Crippen molar-refractivity contribution in [3.8, 4) is 11.3 Å².